The summed E-state index contributed by atoms with van der Waals surface area (Å²) < 4.78 is 11.4. The van der Waals surface area contributed by atoms with E-state index in [1.807, 2.05) is 0 Å². The molecule has 2 saturated heterocycles. The molecule has 2 aliphatic heterocycles. The predicted octanol–water partition coefficient (Wildman–Crippen LogP) is 0.788. The van der Waals surface area contributed by atoms with Crippen molar-refractivity contribution < 1.29 is 14.3 Å². The first-order valence-electron chi connectivity index (χ1n) is 7.56. The lowest BCUT2D eigenvalue weighted by molar-refractivity contribution is -0.183. The third-order valence-electron chi connectivity index (χ3n) is 4.58. The summed E-state index contributed by atoms with van der Waals surface area (Å²) in [5.41, 5.74) is 0. The summed E-state index contributed by atoms with van der Waals surface area (Å²) in [4.78, 5) is 12.2. The summed E-state index contributed by atoms with van der Waals surface area (Å²) in [6, 6.07) is 0.316. The van der Waals surface area contributed by atoms with E-state index in [9.17, 15) is 4.79 Å². The number of hydrogen-bond acceptors (Lipinski definition) is 4. The summed E-state index contributed by atoms with van der Waals surface area (Å²) >= 11 is 0. The van der Waals surface area contributed by atoms with E-state index in [-0.39, 0.29) is 17.6 Å². The third kappa shape index (κ3) is 3.09. The van der Waals surface area contributed by atoms with Gasteiger partial charge in [-0.1, -0.05) is 0 Å². The van der Waals surface area contributed by atoms with Crippen LogP contribution in [0.2, 0.25) is 0 Å². The molecule has 3 aliphatic rings. The Morgan fingerprint density at radius 3 is 2.53 bits per heavy atom. The summed E-state index contributed by atoms with van der Waals surface area (Å²) in [5.74, 6) is 0.00491. The van der Waals surface area contributed by atoms with E-state index in [0.29, 0.717) is 19.3 Å². The van der Waals surface area contributed by atoms with Gasteiger partial charge in [-0.15, -0.1) is 0 Å². The van der Waals surface area contributed by atoms with Crippen molar-refractivity contribution in [3.05, 3.63) is 0 Å². The van der Waals surface area contributed by atoms with E-state index in [1.165, 1.54) is 0 Å². The molecule has 0 bridgehead atoms. The molecule has 108 valence electrons. The number of carbonyl (C=O) groups excluding carboxylic acids is 1. The van der Waals surface area contributed by atoms with Crippen molar-refractivity contribution in [2.75, 3.05) is 26.3 Å². The van der Waals surface area contributed by atoms with Gasteiger partial charge in [0.2, 0.25) is 5.91 Å². The van der Waals surface area contributed by atoms with Crippen molar-refractivity contribution in [3.8, 4) is 0 Å². The van der Waals surface area contributed by atoms with Crippen LogP contribution >= 0.6 is 0 Å². The van der Waals surface area contributed by atoms with Crippen molar-refractivity contribution in [1.82, 2.24) is 10.6 Å². The standard InChI is InChI=1S/C14H24N2O3/c17-13(16-12-2-1-7-15-10-12)11-3-5-14(6-4-11)18-8-9-19-14/h11-12,15H,1-10H2,(H,16,17). The number of amides is 1. The molecule has 2 heterocycles. The van der Waals surface area contributed by atoms with Crippen LogP contribution in [0.1, 0.15) is 38.5 Å². The van der Waals surface area contributed by atoms with Crippen molar-refractivity contribution in [3.63, 3.8) is 0 Å². The maximum absolute atomic E-state index is 12.2. The first-order chi connectivity index (χ1) is 9.27. The monoisotopic (exact) mass is 268 g/mol. The molecule has 2 N–H and O–H groups in total. The molecule has 19 heavy (non-hydrogen) atoms. The average molecular weight is 268 g/mol. The molecule has 0 aromatic carbocycles. The Morgan fingerprint density at radius 2 is 1.89 bits per heavy atom. The van der Waals surface area contributed by atoms with Crippen LogP contribution in [0.4, 0.5) is 0 Å². The van der Waals surface area contributed by atoms with Gasteiger partial charge in [0.1, 0.15) is 0 Å². The Hall–Kier alpha value is -0.650. The minimum absolute atomic E-state index is 0.139. The van der Waals surface area contributed by atoms with E-state index in [1.54, 1.807) is 0 Å². The molecule has 3 fully saturated rings. The minimum atomic E-state index is -0.358. The van der Waals surface area contributed by atoms with E-state index in [2.05, 4.69) is 10.6 Å². The zero-order chi connectivity index (χ0) is 13.1. The van der Waals surface area contributed by atoms with Crippen LogP contribution in [0.25, 0.3) is 0 Å². The number of hydrogen-bond donors (Lipinski definition) is 2. The number of nitrogens with one attached hydrogen (secondary N) is 2. The van der Waals surface area contributed by atoms with Gasteiger partial charge in [-0.2, -0.15) is 0 Å². The van der Waals surface area contributed by atoms with Crippen LogP contribution < -0.4 is 10.6 Å². The maximum atomic E-state index is 12.2. The molecule has 5 heteroatoms. The number of ether oxygens (including phenoxy) is 2. The number of rotatable bonds is 2. The first kappa shape index (κ1) is 13.3. The highest BCUT2D eigenvalue weighted by atomic mass is 16.7. The van der Waals surface area contributed by atoms with Gasteiger partial charge in [0.15, 0.2) is 5.79 Å². The normalized spacial score (nSPS) is 31.5. The first-order valence-corrected chi connectivity index (χ1v) is 7.56. The smallest absolute Gasteiger partial charge is 0.223 e. The highest BCUT2D eigenvalue weighted by molar-refractivity contribution is 5.79. The lowest BCUT2D eigenvalue weighted by atomic mass is 9.84. The fourth-order valence-corrected chi connectivity index (χ4v) is 3.40. The highest BCUT2D eigenvalue weighted by Gasteiger charge is 2.42. The topological polar surface area (TPSA) is 59.6 Å². The molecule has 5 nitrogen and oxygen atoms in total. The zero-order valence-corrected chi connectivity index (χ0v) is 11.5. The second kappa shape index (κ2) is 5.77. The molecule has 1 aliphatic carbocycles. The Bertz CT molecular complexity index is 313. The van der Waals surface area contributed by atoms with Crippen LogP contribution in [-0.4, -0.2) is 44.0 Å². The number of carbonyl (C=O) groups is 1. The van der Waals surface area contributed by atoms with Gasteiger partial charge in [-0.25, -0.2) is 0 Å². The van der Waals surface area contributed by atoms with Crippen LogP contribution in [0.3, 0.4) is 0 Å². The van der Waals surface area contributed by atoms with Gasteiger partial charge in [0.25, 0.3) is 0 Å². The lowest BCUT2D eigenvalue weighted by Crippen LogP contribution is -2.48. The maximum Gasteiger partial charge on any atom is 0.223 e. The van der Waals surface area contributed by atoms with Gasteiger partial charge in [0.05, 0.1) is 13.2 Å². The van der Waals surface area contributed by atoms with Crippen molar-refractivity contribution in [2.45, 2.75) is 50.4 Å². The van der Waals surface area contributed by atoms with Crippen LogP contribution in [0.5, 0.6) is 0 Å². The van der Waals surface area contributed by atoms with E-state index in [0.717, 1.165) is 51.6 Å². The SMILES string of the molecule is O=C(NC1CCCNC1)C1CCC2(CC1)OCCO2. The van der Waals surface area contributed by atoms with Crippen molar-refractivity contribution >= 4 is 5.91 Å². The second-order valence-electron chi connectivity index (χ2n) is 5.93. The molecule has 3 rings (SSSR count). The van der Waals surface area contributed by atoms with Gasteiger partial charge in [-0.3, -0.25) is 4.79 Å². The van der Waals surface area contributed by atoms with E-state index >= 15 is 0 Å². The quantitative estimate of drug-likeness (QED) is 0.777. The molecular formula is C14H24N2O3. The van der Waals surface area contributed by atoms with Crippen LogP contribution in [0.15, 0.2) is 0 Å². The Morgan fingerprint density at radius 1 is 1.16 bits per heavy atom. The molecule has 1 amide bonds. The molecule has 1 unspecified atom stereocenters. The minimum Gasteiger partial charge on any atom is -0.352 e. The molecule has 1 spiro atoms. The van der Waals surface area contributed by atoms with Gasteiger partial charge in [0, 0.05) is 31.3 Å². The Labute approximate surface area is 114 Å². The second-order valence-corrected chi connectivity index (χ2v) is 5.93. The van der Waals surface area contributed by atoms with E-state index < -0.39 is 0 Å². The molecule has 1 saturated carbocycles. The van der Waals surface area contributed by atoms with Crippen molar-refractivity contribution in [2.24, 2.45) is 5.92 Å². The fraction of sp³-hybridized carbons (Fsp3) is 0.929. The third-order valence-corrected chi connectivity index (χ3v) is 4.58. The van der Waals surface area contributed by atoms with Gasteiger partial charge >= 0.3 is 0 Å². The summed E-state index contributed by atoms with van der Waals surface area (Å²) in [5, 5.41) is 6.51. The van der Waals surface area contributed by atoms with Crippen LogP contribution in [0, 0.1) is 5.92 Å². The zero-order valence-electron chi connectivity index (χ0n) is 11.5. The molecule has 1 atom stereocenters. The van der Waals surface area contributed by atoms with Gasteiger partial charge in [-0.05, 0) is 32.2 Å². The molecule has 0 aromatic heterocycles. The molecule has 0 radical (unpaired) electrons. The number of piperidine rings is 1. The van der Waals surface area contributed by atoms with E-state index in [4.69, 9.17) is 9.47 Å². The fourth-order valence-electron chi connectivity index (χ4n) is 3.40. The highest BCUT2D eigenvalue weighted by Crippen LogP contribution is 2.38. The summed E-state index contributed by atoms with van der Waals surface area (Å²) in [6.07, 6.45) is 5.72. The lowest BCUT2D eigenvalue weighted by Gasteiger charge is -2.35. The van der Waals surface area contributed by atoms with Gasteiger partial charge < -0.3 is 20.1 Å². The Balaban J connectivity index is 1.46. The van der Waals surface area contributed by atoms with Crippen LogP contribution in [-0.2, 0) is 14.3 Å². The van der Waals surface area contributed by atoms with Crippen molar-refractivity contribution in [1.29, 1.82) is 0 Å². The average Bonchev–Trinajstić information content (AvgIpc) is 2.89. The predicted molar refractivity (Wildman–Crippen MR) is 70.6 cm³/mol. The summed E-state index contributed by atoms with van der Waals surface area (Å²) in [7, 11) is 0. The summed E-state index contributed by atoms with van der Waals surface area (Å²) in [6.45, 7) is 3.39. The largest absolute Gasteiger partial charge is 0.352 e. The molecular weight excluding hydrogens is 244 g/mol. The Kier molecular flexibility index (Phi) is 4.05. The molecule has 0 aromatic rings.